The predicted octanol–water partition coefficient (Wildman–Crippen LogP) is 1.73. The van der Waals surface area contributed by atoms with Crippen LogP contribution in [0.25, 0.3) is 0 Å². The fourth-order valence-electron chi connectivity index (χ4n) is 2.23. The van der Waals surface area contributed by atoms with Crippen LogP contribution in [-0.2, 0) is 4.74 Å². The van der Waals surface area contributed by atoms with Gasteiger partial charge >= 0.3 is 0 Å². The second kappa shape index (κ2) is 8.04. The predicted molar refractivity (Wildman–Crippen MR) is 68.8 cm³/mol. The van der Waals surface area contributed by atoms with Gasteiger partial charge in [-0.2, -0.15) is 0 Å². The topological polar surface area (TPSA) is 24.5 Å². The van der Waals surface area contributed by atoms with Gasteiger partial charge in [-0.3, -0.25) is 4.90 Å². The average Bonchev–Trinajstić information content (AvgIpc) is 2.28. The molecule has 0 aromatic heterocycles. The van der Waals surface area contributed by atoms with E-state index < -0.39 is 0 Å². The number of ether oxygens (including phenoxy) is 1. The number of hydrogen-bond donors (Lipinski definition) is 1. The summed E-state index contributed by atoms with van der Waals surface area (Å²) in [5, 5.41) is 3.63. The van der Waals surface area contributed by atoms with Crippen LogP contribution in [-0.4, -0.2) is 50.3 Å². The minimum Gasteiger partial charge on any atom is -0.379 e. The highest BCUT2D eigenvalue weighted by Crippen LogP contribution is 2.04. The molecule has 3 nitrogen and oxygen atoms in total. The van der Waals surface area contributed by atoms with Gasteiger partial charge in [0.2, 0.25) is 0 Å². The fourth-order valence-corrected chi connectivity index (χ4v) is 2.23. The summed E-state index contributed by atoms with van der Waals surface area (Å²) in [4.78, 5) is 2.49. The third kappa shape index (κ3) is 5.83. The molecule has 0 aromatic carbocycles. The highest BCUT2D eigenvalue weighted by atomic mass is 16.5. The summed E-state index contributed by atoms with van der Waals surface area (Å²) in [5.74, 6) is 0.803. The summed E-state index contributed by atoms with van der Waals surface area (Å²) >= 11 is 0. The summed E-state index contributed by atoms with van der Waals surface area (Å²) in [6.45, 7) is 13.2. The standard InChI is InChI=1S/C13H28N2O/c1-4-5-12(2)10-14-13(3)11-15-6-8-16-9-7-15/h12-14H,4-11H2,1-3H3. The Labute approximate surface area is 101 Å². The third-order valence-electron chi connectivity index (χ3n) is 3.23. The first-order valence-electron chi connectivity index (χ1n) is 6.75. The molecule has 0 bridgehead atoms. The van der Waals surface area contributed by atoms with E-state index in [0.29, 0.717) is 6.04 Å². The monoisotopic (exact) mass is 228 g/mol. The van der Waals surface area contributed by atoms with Gasteiger partial charge in [0.15, 0.2) is 0 Å². The van der Waals surface area contributed by atoms with Crippen LogP contribution in [0.4, 0.5) is 0 Å². The van der Waals surface area contributed by atoms with E-state index in [1.54, 1.807) is 0 Å². The maximum atomic E-state index is 5.35. The van der Waals surface area contributed by atoms with Crippen molar-refractivity contribution in [2.45, 2.75) is 39.7 Å². The van der Waals surface area contributed by atoms with Crippen molar-refractivity contribution in [3.05, 3.63) is 0 Å². The van der Waals surface area contributed by atoms with Crippen molar-refractivity contribution in [3.63, 3.8) is 0 Å². The molecule has 1 heterocycles. The first-order chi connectivity index (χ1) is 7.72. The molecule has 1 aliphatic heterocycles. The second-order valence-electron chi connectivity index (χ2n) is 5.12. The molecule has 16 heavy (non-hydrogen) atoms. The lowest BCUT2D eigenvalue weighted by atomic mass is 10.1. The Morgan fingerprint density at radius 3 is 2.56 bits per heavy atom. The first-order valence-corrected chi connectivity index (χ1v) is 6.75. The molecular weight excluding hydrogens is 200 g/mol. The second-order valence-corrected chi connectivity index (χ2v) is 5.12. The summed E-state index contributed by atoms with van der Waals surface area (Å²) in [6, 6.07) is 0.595. The Morgan fingerprint density at radius 2 is 1.94 bits per heavy atom. The molecule has 0 aromatic rings. The molecule has 0 spiro atoms. The van der Waals surface area contributed by atoms with Gasteiger partial charge in [0, 0.05) is 25.7 Å². The van der Waals surface area contributed by atoms with Gasteiger partial charge < -0.3 is 10.1 Å². The van der Waals surface area contributed by atoms with Crippen LogP contribution < -0.4 is 5.32 Å². The number of hydrogen-bond acceptors (Lipinski definition) is 3. The smallest absolute Gasteiger partial charge is 0.0594 e. The van der Waals surface area contributed by atoms with Crippen molar-refractivity contribution in [2.24, 2.45) is 5.92 Å². The Balaban J connectivity index is 2.07. The summed E-state index contributed by atoms with van der Waals surface area (Å²) in [5.41, 5.74) is 0. The zero-order valence-corrected chi connectivity index (χ0v) is 11.2. The normalized spacial score (nSPS) is 21.9. The third-order valence-corrected chi connectivity index (χ3v) is 3.23. The van der Waals surface area contributed by atoms with Crippen molar-refractivity contribution >= 4 is 0 Å². The molecule has 1 saturated heterocycles. The highest BCUT2D eigenvalue weighted by molar-refractivity contribution is 4.71. The van der Waals surface area contributed by atoms with Crippen LogP contribution in [0.1, 0.15) is 33.6 Å². The largest absolute Gasteiger partial charge is 0.379 e. The fraction of sp³-hybridized carbons (Fsp3) is 1.00. The maximum absolute atomic E-state index is 5.35. The van der Waals surface area contributed by atoms with Gasteiger partial charge in [0.05, 0.1) is 13.2 Å². The van der Waals surface area contributed by atoms with E-state index in [1.807, 2.05) is 0 Å². The lowest BCUT2D eigenvalue weighted by molar-refractivity contribution is 0.0342. The Morgan fingerprint density at radius 1 is 1.25 bits per heavy atom. The van der Waals surface area contributed by atoms with E-state index in [0.717, 1.165) is 45.3 Å². The van der Waals surface area contributed by atoms with Gasteiger partial charge in [0.25, 0.3) is 0 Å². The van der Waals surface area contributed by atoms with Crippen LogP contribution in [0.3, 0.4) is 0 Å². The quantitative estimate of drug-likeness (QED) is 0.718. The van der Waals surface area contributed by atoms with Gasteiger partial charge in [-0.1, -0.05) is 20.3 Å². The number of rotatable bonds is 7. The zero-order valence-electron chi connectivity index (χ0n) is 11.2. The van der Waals surface area contributed by atoms with E-state index in [1.165, 1.54) is 12.8 Å². The molecule has 2 atom stereocenters. The van der Waals surface area contributed by atoms with E-state index in [2.05, 4.69) is 31.0 Å². The molecule has 0 saturated carbocycles. The van der Waals surface area contributed by atoms with Crippen LogP contribution >= 0.6 is 0 Å². The minimum atomic E-state index is 0.595. The zero-order chi connectivity index (χ0) is 11.8. The van der Waals surface area contributed by atoms with Gasteiger partial charge in [-0.05, 0) is 25.8 Å². The molecule has 0 radical (unpaired) electrons. The van der Waals surface area contributed by atoms with Crippen molar-refractivity contribution < 1.29 is 4.74 Å². The molecule has 1 fully saturated rings. The number of nitrogens with zero attached hydrogens (tertiary/aromatic N) is 1. The van der Waals surface area contributed by atoms with Gasteiger partial charge in [-0.15, -0.1) is 0 Å². The Hall–Kier alpha value is -0.120. The lowest BCUT2D eigenvalue weighted by Gasteiger charge is -2.29. The molecule has 0 aliphatic carbocycles. The molecule has 2 unspecified atom stereocenters. The number of morpholine rings is 1. The first kappa shape index (κ1) is 13.9. The Kier molecular flexibility index (Phi) is 7.01. The SMILES string of the molecule is CCCC(C)CNC(C)CN1CCOCC1. The van der Waals surface area contributed by atoms with Crippen molar-refractivity contribution in [2.75, 3.05) is 39.4 Å². The molecular formula is C13H28N2O. The van der Waals surface area contributed by atoms with Crippen molar-refractivity contribution in [1.82, 2.24) is 10.2 Å². The lowest BCUT2D eigenvalue weighted by Crippen LogP contribution is -2.45. The van der Waals surface area contributed by atoms with Crippen LogP contribution in [0.2, 0.25) is 0 Å². The van der Waals surface area contributed by atoms with E-state index in [-0.39, 0.29) is 0 Å². The van der Waals surface area contributed by atoms with Gasteiger partial charge in [0.1, 0.15) is 0 Å². The molecule has 96 valence electrons. The molecule has 1 aliphatic rings. The summed E-state index contributed by atoms with van der Waals surface area (Å²) in [7, 11) is 0. The van der Waals surface area contributed by atoms with Crippen molar-refractivity contribution in [3.8, 4) is 0 Å². The summed E-state index contributed by atoms with van der Waals surface area (Å²) < 4.78 is 5.35. The van der Waals surface area contributed by atoms with E-state index in [4.69, 9.17) is 4.74 Å². The maximum Gasteiger partial charge on any atom is 0.0594 e. The molecule has 0 amide bonds. The Bertz CT molecular complexity index is 169. The van der Waals surface area contributed by atoms with Crippen LogP contribution in [0.5, 0.6) is 0 Å². The van der Waals surface area contributed by atoms with E-state index in [9.17, 15) is 0 Å². The van der Waals surface area contributed by atoms with Crippen LogP contribution in [0.15, 0.2) is 0 Å². The van der Waals surface area contributed by atoms with Gasteiger partial charge in [-0.25, -0.2) is 0 Å². The average molecular weight is 228 g/mol. The number of nitrogens with one attached hydrogen (secondary N) is 1. The molecule has 1 N–H and O–H groups in total. The highest BCUT2D eigenvalue weighted by Gasteiger charge is 2.13. The minimum absolute atomic E-state index is 0.595. The van der Waals surface area contributed by atoms with Crippen molar-refractivity contribution in [1.29, 1.82) is 0 Å². The molecule has 3 heteroatoms. The molecule has 1 rings (SSSR count). The van der Waals surface area contributed by atoms with E-state index >= 15 is 0 Å². The summed E-state index contributed by atoms with van der Waals surface area (Å²) in [6.07, 6.45) is 2.62. The van der Waals surface area contributed by atoms with Crippen LogP contribution in [0, 0.1) is 5.92 Å².